The maximum Gasteiger partial charge on any atom is 0.291 e. The lowest BCUT2D eigenvalue weighted by Crippen LogP contribution is -2.18. The summed E-state index contributed by atoms with van der Waals surface area (Å²) in [5.41, 5.74) is 4.04. The van der Waals surface area contributed by atoms with Crippen molar-refractivity contribution in [2.75, 3.05) is 0 Å². The monoisotopic (exact) mass is 281 g/mol. The average Bonchev–Trinajstić information content (AvgIpc) is 3.19. The molecule has 0 fully saturated rings. The van der Waals surface area contributed by atoms with Gasteiger partial charge in [-0.05, 0) is 18.2 Å². The number of carbonyl (C=O) groups is 1. The van der Waals surface area contributed by atoms with Crippen LogP contribution in [0.1, 0.15) is 16.1 Å². The fourth-order valence-corrected chi connectivity index (χ4v) is 1.67. The molecule has 0 aliphatic rings. The molecule has 0 radical (unpaired) electrons. The fraction of sp³-hybridized carbons (Fsp3) is 0. The van der Waals surface area contributed by atoms with Crippen molar-refractivity contribution < 1.29 is 9.21 Å². The van der Waals surface area contributed by atoms with Gasteiger partial charge in [0.2, 0.25) is 0 Å². The first kappa shape index (κ1) is 12.8. The molecule has 0 aromatic carbocycles. The van der Waals surface area contributed by atoms with Crippen LogP contribution in [-0.2, 0) is 0 Å². The molecule has 3 aromatic rings. The van der Waals surface area contributed by atoms with Crippen LogP contribution in [0.15, 0.2) is 58.5 Å². The first-order valence-corrected chi connectivity index (χ1v) is 6.15. The van der Waals surface area contributed by atoms with Gasteiger partial charge in [0.15, 0.2) is 11.5 Å². The van der Waals surface area contributed by atoms with Crippen LogP contribution < -0.4 is 5.43 Å². The van der Waals surface area contributed by atoms with E-state index in [4.69, 9.17) is 4.42 Å². The van der Waals surface area contributed by atoms with Gasteiger partial charge in [0.1, 0.15) is 5.69 Å². The van der Waals surface area contributed by atoms with Crippen LogP contribution in [0.3, 0.4) is 0 Å². The maximum absolute atomic E-state index is 11.9. The van der Waals surface area contributed by atoms with Crippen LogP contribution in [0, 0.1) is 0 Å². The van der Waals surface area contributed by atoms with Gasteiger partial charge in [0.05, 0.1) is 12.5 Å². The van der Waals surface area contributed by atoms with Crippen molar-refractivity contribution in [3.05, 3.63) is 60.2 Å². The number of hydrogen-bond acceptors (Lipinski definition) is 5. The summed E-state index contributed by atoms with van der Waals surface area (Å²) in [5, 5.41) is 10.5. The number of hydrogen-bond donors (Lipinski definition) is 2. The first-order valence-electron chi connectivity index (χ1n) is 6.15. The van der Waals surface area contributed by atoms with Gasteiger partial charge in [-0.25, -0.2) is 5.43 Å². The van der Waals surface area contributed by atoms with Crippen molar-refractivity contribution in [3.63, 3.8) is 0 Å². The minimum atomic E-state index is -0.413. The van der Waals surface area contributed by atoms with E-state index in [1.807, 2.05) is 6.07 Å². The third-order valence-electron chi connectivity index (χ3n) is 2.66. The minimum absolute atomic E-state index is 0.227. The number of nitrogens with one attached hydrogen (secondary N) is 2. The first-order chi connectivity index (χ1) is 10.3. The molecule has 104 valence electrons. The molecular formula is C14H11N5O2. The molecule has 0 atom stereocenters. The summed E-state index contributed by atoms with van der Waals surface area (Å²) in [4.78, 5) is 15.8. The van der Waals surface area contributed by atoms with Crippen LogP contribution in [-0.4, -0.2) is 27.3 Å². The maximum atomic E-state index is 11.9. The zero-order chi connectivity index (χ0) is 14.5. The normalized spacial score (nSPS) is 10.9. The molecule has 0 bridgehead atoms. The molecule has 0 aliphatic carbocycles. The van der Waals surface area contributed by atoms with Gasteiger partial charge in [-0.1, -0.05) is 6.07 Å². The molecule has 3 heterocycles. The SMILES string of the molecule is O=C(N/N=C\c1cccnc1)c1cc(-c2ccco2)[nH]n1. The second-order valence-electron chi connectivity index (χ2n) is 4.13. The standard InChI is InChI=1S/C14H11N5O2/c20-14(19-16-9-10-3-1-5-15-8-10)12-7-11(17-18-12)13-4-2-6-21-13/h1-9H,(H,17,18)(H,19,20)/b16-9-. The molecule has 3 aromatic heterocycles. The van der Waals surface area contributed by atoms with Crippen molar-refractivity contribution in [1.29, 1.82) is 0 Å². The van der Waals surface area contributed by atoms with Crippen molar-refractivity contribution in [1.82, 2.24) is 20.6 Å². The minimum Gasteiger partial charge on any atom is -0.463 e. The number of nitrogens with zero attached hydrogens (tertiary/aromatic N) is 3. The lowest BCUT2D eigenvalue weighted by atomic mass is 10.3. The van der Waals surface area contributed by atoms with Crippen LogP contribution >= 0.6 is 0 Å². The van der Waals surface area contributed by atoms with Gasteiger partial charge < -0.3 is 4.42 Å². The van der Waals surface area contributed by atoms with E-state index in [9.17, 15) is 4.79 Å². The van der Waals surface area contributed by atoms with Crippen molar-refractivity contribution in [2.24, 2.45) is 5.10 Å². The van der Waals surface area contributed by atoms with E-state index >= 15 is 0 Å². The quantitative estimate of drug-likeness (QED) is 0.563. The van der Waals surface area contributed by atoms with Gasteiger partial charge in [0.25, 0.3) is 5.91 Å². The highest BCUT2D eigenvalue weighted by Gasteiger charge is 2.11. The molecule has 0 spiro atoms. The van der Waals surface area contributed by atoms with Crippen molar-refractivity contribution in [2.45, 2.75) is 0 Å². The molecular weight excluding hydrogens is 270 g/mol. The Morgan fingerprint density at radius 1 is 1.38 bits per heavy atom. The number of amides is 1. The highest BCUT2D eigenvalue weighted by molar-refractivity contribution is 5.93. The highest BCUT2D eigenvalue weighted by atomic mass is 16.3. The van der Waals surface area contributed by atoms with E-state index in [0.717, 1.165) is 5.56 Å². The summed E-state index contributed by atoms with van der Waals surface area (Å²) in [6.07, 6.45) is 6.36. The third kappa shape index (κ3) is 3.03. The number of carbonyl (C=O) groups excluding carboxylic acids is 1. The number of aromatic nitrogens is 3. The zero-order valence-electron chi connectivity index (χ0n) is 10.9. The Morgan fingerprint density at radius 3 is 3.10 bits per heavy atom. The van der Waals surface area contributed by atoms with Crippen LogP contribution in [0.2, 0.25) is 0 Å². The van der Waals surface area contributed by atoms with Crippen LogP contribution in [0.4, 0.5) is 0 Å². The lowest BCUT2D eigenvalue weighted by molar-refractivity contribution is 0.0950. The van der Waals surface area contributed by atoms with Crippen LogP contribution in [0.5, 0.6) is 0 Å². The number of aromatic amines is 1. The van der Waals surface area contributed by atoms with Crippen molar-refractivity contribution >= 4 is 12.1 Å². The molecule has 7 heteroatoms. The fourth-order valence-electron chi connectivity index (χ4n) is 1.67. The van der Waals surface area contributed by atoms with Gasteiger partial charge in [-0.3, -0.25) is 14.9 Å². The molecule has 7 nitrogen and oxygen atoms in total. The summed E-state index contributed by atoms with van der Waals surface area (Å²) in [7, 11) is 0. The van der Waals surface area contributed by atoms with Crippen LogP contribution in [0.25, 0.3) is 11.5 Å². The van der Waals surface area contributed by atoms with Gasteiger partial charge in [0, 0.05) is 24.0 Å². The van der Waals surface area contributed by atoms with E-state index in [-0.39, 0.29) is 5.69 Å². The third-order valence-corrected chi connectivity index (χ3v) is 2.66. The van der Waals surface area contributed by atoms with Gasteiger partial charge in [-0.15, -0.1) is 0 Å². The Hall–Kier alpha value is -3.22. The highest BCUT2D eigenvalue weighted by Crippen LogP contribution is 2.17. The lowest BCUT2D eigenvalue weighted by Gasteiger charge is -1.94. The van der Waals surface area contributed by atoms with E-state index < -0.39 is 5.91 Å². The number of H-pyrrole nitrogens is 1. The van der Waals surface area contributed by atoms with E-state index in [2.05, 4.69) is 25.7 Å². The van der Waals surface area contributed by atoms with E-state index in [1.54, 1.807) is 42.9 Å². The van der Waals surface area contributed by atoms with Gasteiger partial charge >= 0.3 is 0 Å². The summed E-state index contributed by atoms with van der Waals surface area (Å²) >= 11 is 0. The Kier molecular flexibility index (Phi) is 3.55. The topological polar surface area (TPSA) is 96.2 Å². The average molecular weight is 281 g/mol. The summed E-state index contributed by atoms with van der Waals surface area (Å²) in [6, 6.07) is 8.73. The molecule has 0 saturated heterocycles. The number of hydrazone groups is 1. The summed E-state index contributed by atoms with van der Waals surface area (Å²) < 4.78 is 5.21. The molecule has 21 heavy (non-hydrogen) atoms. The Balaban J connectivity index is 1.65. The molecule has 3 rings (SSSR count). The number of furan rings is 1. The molecule has 0 saturated carbocycles. The second kappa shape index (κ2) is 5.83. The van der Waals surface area contributed by atoms with E-state index in [1.165, 1.54) is 6.21 Å². The largest absolute Gasteiger partial charge is 0.463 e. The molecule has 0 unspecified atom stereocenters. The predicted molar refractivity (Wildman–Crippen MR) is 75.6 cm³/mol. The summed E-state index contributed by atoms with van der Waals surface area (Å²) in [6.45, 7) is 0. The number of pyridine rings is 1. The Morgan fingerprint density at radius 2 is 2.33 bits per heavy atom. The molecule has 2 N–H and O–H groups in total. The van der Waals surface area contributed by atoms with Gasteiger partial charge in [-0.2, -0.15) is 10.2 Å². The van der Waals surface area contributed by atoms with E-state index in [0.29, 0.717) is 11.5 Å². The Bertz CT molecular complexity index is 747. The Labute approximate surface area is 119 Å². The zero-order valence-corrected chi connectivity index (χ0v) is 10.9. The molecule has 1 amide bonds. The smallest absolute Gasteiger partial charge is 0.291 e. The number of rotatable bonds is 4. The molecule has 0 aliphatic heterocycles. The second-order valence-corrected chi connectivity index (χ2v) is 4.13. The van der Waals surface area contributed by atoms with Crippen molar-refractivity contribution in [3.8, 4) is 11.5 Å². The summed E-state index contributed by atoms with van der Waals surface area (Å²) in [5.74, 6) is 0.199. The predicted octanol–water partition coefficient (Wildman–Crippen LogP) is 1.83.